The Morgan fingerprint density at radius 1 is 1.14 bits per heavy atom. The van der Waals surface area contributed by atoms with Crippen LogP contribution in [-0.4, -0.2) is 21.7 Å². The fourth-order valence-electron chi connectivity index (χ4n) is 3.95. The summed E-state index contributed by atoms with van der Waals surface area (Å²) >= 11 is 0. The van der Waals surface area contributed by atoms with Crippen molar-refractivity contribution in [2.45, 2.75) is 12.8 Å². The Hall–Kier alpha value is -3.74. The van der Waals surface area contributed by atoms with E-state index in [0.29, 0.717) is 11.3 Å². The standard InChI is InChI=1S/C21H17N3O4/c1-12(23-26)18-19(14-6-4-7-15(11-14)24(27)28)20-16-8-3-2-5-13(16)9-10-17(20)22-21(18)25/h2-11,18-19,26H,1H3,(H,22,25)/b23-12+/t18-,19-/m1/s1. The van der Waals surface area contributed by atoms with Gasteiger partial charge in [0.2, 0.25) is 5.91 Å². The molecule has 1 aliphatic rings. The number of benzene rings is 3. The topological polar surface area (TPSA) is 105 Å². The zero-order valence-corrected chi connectivity index (χ0v) is 15.0. The first-order valence-corrected chi connectivity index (χ1v) is 8.76. The summed E-state index contributed by atoms with van der Waals surface area (Å²) in [7, 11) is 0. The maximum atomic E-state index is 12.9. The minimum Gasteiger partial charge on any atom is -0.411 e. The van der Waals surface area contributed by atoms with Crippen LogP contribution in [0.2, 0.25) is 0 Å². The van der Waals surface area contributed by atoms with Crippen LogP contribution in [0.15, 0.2) is 65.8 Å². The molecule has 7 nitrogen and oxygen atoms in total. The molecule has 0 bridgehead atoms. The predicted octanol–water partition coefficient (Wildman–Crippen LogP) is 4.30. The van der Waals surface area contributed by atoms with Crippen LogP contribution in [0.5, 0.6) is 0 Å². The molecule has 0 aromatic heterocycles. The highest BCUT2D eigenvalue weighted by atomic mass is 16.6. The van der Waals surface area contributed by atoms with E-state index in [9.17, 15) is 20.1 Å². The van der Waals surface area contributed by atoms with Crippen molar-refractivity contribution in [3.05, 3.63) is 81.9 Å². The summed E-state index contributed by atoms with van der Waals surface area (Å²) in [5.74, 6) is -1.62. The first-order valence-electron chi connectivity index (χ1n) is 8.76. The van der Waals surface area contributed by atoms with Crippen LogP contribution in [0.3, 0.4) is 0 Å². The lowest BCUT2D eigenvalue weighted by molar-refractivity contribution is -0.384. The average Bonchev–Trinajstić information content (AvgIpc) is 2.72. The lowest BCUT2D eigenvalue weighted by Gasteiger charge is -2.34. The third-order valence-electron chi connectivity index (χ3n) is 5.20. The summed E-state index contributed by atoms with van der Waals surface area (Å²) in [6.45, 7) is 1.57. The van der Waals surface area contributed by atoms with Gasteiger partial charge in [-0.15, -0.1) is 0 Å². The van der Waals surface area contributed by atoms with Gasteiger partial charge in [0.15, 0.2) is 0 Å². The largest absolute Gasteiger partial charge is 0.411 e. The Balaban J connectivity index is 2.04. The molecule has 3 aromatic carbocycles. The van der Waals surface area contributed by atoms with E-state index in [1.807, 2.05) is 36.4 Å². The highest BCUT2D eigenvalue weighted by molar-refractivity contribution is 6.13. The molecule has 3 aromatic rings. The van der Waals surface area contributed by atoms with Crippen LogP contribution in [-0.2, 0) is 4.79 Å². The number of rotatable bonds is 3. The number of nitro groups is 1. The smallest absolute Gasteiger partial charge is 0.269 e. The van der Waals surface area contributed by atoms with Gasteiger partial charge in [-0.05, 0) is 34.9 Å². The summed E-state index contributed by atoms with van der Waals surface area (Å²) in [5, 5.41) is 28.8. The minimum atomic E-state index is -0.787. The minimum absolute atomic E-state index is 0.0531. The fraction of sp³-hybridized carbons (Fsp3) is 0.143. The van der Waals surface area contributed by atoms with Gasteiger partial charge in [0.1, 0.15) is 0 Å². The first kappa shape index (κ1) is 17.7. The van der Waals surface area contributed by atoms with E-state index in [4.69, 9.17) is 0 Å². The highest BCUT2D eigenvalue weighted by Gasteiger charge is 2.40. The number of nitrogens with one attached hydrogen (secondary N) is 1. The molecule has 0 saturated heterocycles. The quantitative estimate of drug-likeness (QED) is 0.308. The van der Waals surface area contributed by atoms with E-state index in [1.54, 1.807) is 19.1 Å². The molecule has 0 spiro atoms. The Bertz CT molecular complexity index is 1140. The van der Waals surface area contributed by atoms with Gasteiger partial charge >= 0.3 is 0 Å². The normalized spacial score (nSPS) is 19.2. The van der Waals surface area contributed by atoms with E-state index < -0.39 is 16.8 Å². The van der Waals surface area contributed by atoms with E-state index >= 15 is 0 Å². The van der Waals surface area contributed by atoms with E-state index in [-0.39, 0.29) is 17.3 Å². The van der Waals surface area contributed by atoms with E-state index in [2.05, 4.69) is 10.5 Å². The van der Waals surface area contributed by atoms with Gasteiger partial charge in [-0.25, -0.2) is 0 Å². The second-order valence-electron chi connectivity index (χ2n) is 6.79. The van der Waals surface area contributed by atoms with Gasteiger partial charge in [-0.3, -0.25) is 14.9 Å². The predicted molar refractivity (Wildman–Crippen MR) is 106 cm³/mol. The van der Waals surface area contributed by atoms with Crippen LogP contribution in [0.25, 0.3) is 10.8 Å². The molecule has 0 aliphatic carbocycles. The van der Waals surface area contributed by atoms with Gasteiger partial charge < -0.3 is 10.5 Å². The lowest BCUT2D eigenvalue weighted by Crippen LogP contribution is -2.38. The van der Waals surface area contributed by atoms with Gasteiger partial charge in [-0.1, -0.05) is 47.6 Å². The van der Waals surface area contributed by atoms with Crippen molar-refractivity contribution in [2.75, 3.05) is 5.32 Å². The molecule has 140 valence electrons. The zero-order chi connectivity index (χ0) is 19.8. The summed E-state index contributed by atoms with van der Waals surface area (Å²) in [5.41, 5.74) is 2.32. The molecular formula is C21H17N3O4. The van der Waals surface area contributed by atoms with Gasteiger partial charge in [0.25, 0.3) is 5.69 Å². The number of oxime groups is 1. The van der Waals surface area contributed by atoms with E-state index in [0.717, 1.165) is 16.3 Å². The maximum Gasteiger partial charge on any atom is 0.269 e. The Labute approximate surface area is 160 Å². The van der Waals surface area contributed by atoms with Crippen molar-refractivity contribution in [1.29, 1.82) is 0 Å². The number of fused-ring (bicyclic) bond motifs is 3. The number of hydrogen-bond donors (Lipinski definition) is 2. The van der Waals surface area contributed by atoms with Gasteiger partial charge in [0.05, 0.1) is 16.6 Å². The number of carbonyl (C=O) groups is 1. The second-order valence-corrected chi connectivity index (χ2v) is 6.79. The Kier molecular flexibility index (Phi) is 4.27. The van der Waals surface area contributed by atoms with Crippen LogP contribution in [0.1, 0.15) is 24.0 Å². The van der Waals surface area contributed by atoms with Crippen molar-refractivity contribution in [2.24, 2.45) is 11.1 Å². The molecule has 1 aliphatic heterocycles. The average molecular weight is 375 g/mol. The third-order valence-corrected chi connectivity index (χ3v) is 5.20. The molecule has 7 heteroatoms. The number of non-ortho nitro benzene ring substituents is 1. The van der Waals surface area contributed by atoms with E-state index in [1.165, 1.54) is 12.1 Å². The summed E-state index contributed by atoms with van der Waals surface area (Å²) < 4.78 is 0. The Morgan fingerprint density at radius 2 is 1.93 bits per heavy atom. The number of nitro benzene ring substituents is 1. The molecule has 1 amide bonds. The third kappa shape index (κ3) is 2.77. The number of carbonyl (C=O) groups excluding carboxylic acids is 1. The zero-order valence-electron chi connectivity index (χ0n) is 15.0. The Morgan fingerprint density at radius 3 is 2.68 bits per heavy atom. The lowest BCUT2D eigenvalue weighted by atomic mass is 9.73. The molecule has 28 heavy (non-hydrogen) atoms. The molecule has 0 unspecified atom stereocenters. The molecular weight excluding hydrogens is 358 g/mol. The number of hydrogen-bond acceptors (Lipinski definition) is 5. The molecule has 1 heterocycles. The highest BCUT2D eigenvalue weighted by Crippen LogP contribution is 2.45. The molecule has 0 fully saturated rings. The van der Waals surface area contributed by atoms with Crippen LogP contribution in [0.4, 0.5) is 11.4 Å². The van der Waals surface area contributed by atoms with Crippen LogP contribution >= 0.6 is 0 Å². The summed E-state index contributed by atoms with van der Waals surface area (Å²) in [6.07, 6.45) is 0. The van der Waals surface area contributed by atoms with Crippen molar-refractivity contribution < 1.29 is 14.9 Å². The number of amides is 1. The fourth-order valence-corrected chi connectivity index (χ4v) is 3.95. The van der Waals surface area contributed by atoms with Crippen LogP contribution < -0.4 is 5.32 Å². The maximum absolute atomic E-state index is 12.9. The second kappa shape index (κ2) is 6.77. The molecule has 4 rings (SSSR count). The summed E-state index contributed by atoms with van der Waals surface area (Å²) in [4.78, 5) is 23.7. The summed E-state index contributed by atoms with van der Waals surface area (Å²) in [6, 6.07) is 17.8. The number of anilines is 1. The molecule has 2 N–H and O–H groups in total. The van der Waals surface area contributed by atoms with Crippen molar-refractivity contribution in [3.63, 3.8) is 0 Å². The molecule has 0 radical (unpaired) electrons. The van der Waals surface area contributed by atoms with Crippen molar-refractivity contribution in [3.8, 4) is 0 Å². The SMILES string of the molecule is C/C(=N\O)[C@H]1C(=O)Nc2ccc3ccccc3c2[C@@H]1c1cccc([N+](=O)[O-])c1. The molecule has 0 saturated carbocycles. The van der Waals surface area contributed by atoms with Gasteiger partial charge in [0, 0.05) is 23.7 Å². The number of nitrogens with zero attached hydrogens (tertiary/aromatic N) is 2. The van der Waals surface area contributed by atoms with Crippen molar-refractivity contribution in [1.82, 2.24) is 0 Å². The first-order chi connectivity index (χ1) is 13.5. The molecule has 2 atom stereocenters. The monoisotopic (exact) mass is 375 g/mol. The van der Waals surface area contributed by atoms with Crippen molar-refractivity contribution >= 4 is 33.8 Å². The van der Waals surface area contributed by atoms with Gasteiger partial charge in [-0.2, -0.15) is 0 Å². The van der Waals surface area contributed by atoms with Crippen LogP contribution in [0, 0.1) is 16.0 Å².